The van der Waals surface area contributed by atoms with E-state index in [9.17, 15) is 4.79 Å². The van der Waals surface area contributed by atoms with Gasteiger partial charge in [-0.2, -0.15) is 0 Å². The van der Waals surface area contributed by atoms with Crippen LogP contribution in [0.1, 0.15) is 15.9 Å². The molecule has 0 saturated heterocycles. The van der Waals surface area contributed by atoms with Crippen molar-refractivity contribution < 1.29 is 9.90 Å². The molecule has 0 bridgehead atoms. The first-order valence-corrected chi connectivity index (χ1v) is 4.45. The molecule has 1 aromatic rings. The van der Waals surface area contributed by atoms with E-state index in [2.05, 4.69) is 15.9 Å². The molecule has 0 aliphatic rings. The maximum absolute atomic E-state index is 10.6. The van der Waals surface area contributed by atoms with Crippen molar-refractivity contribution in [3.8, 4) is 0 Å². The Kier molecular flexibility index (Phi) is 2.70. The number of nitrogen functional groups attached to an aromatic ring is 1. The molecule has 0 aliphatic carbocycles. The number of benzene rings is 1. The van der Waals surface area contributed by atoms with E-state index >= 15 is 0 Å². The van der Waals surface area contributed by atoms with Crippen LogP contribution >= 0.6 is 15.9 Å². The molecule has 4 heteroatoms. The minimum atomic E-state index is -0.926. The summed E-state index contributed by atoms with van der Waals surface area (Å²) in [6.07, 6.45) is 0. The van der Waals surface area contributed by atoms with Gasteiger partial charge in [-0.25, -0.2) is 4.79 Å². The number of hydrogen-bond acceptors (Lipinski definition) is 2. The molecular formula is C8H8BrNO2. The van der Waals surface area contributed by atoms with Gasteiger partial charge in [0.15, 0.2) is 0 Å². The van der Waals surface area contributed by atoms with E-state index in [4.69, 9.17) is 10.8 Å². The predicted octanol–water partition coefficient (Wildman–Crippen LogP) is 1.86. The zero-order chi connectivity index (χ0) is 9.14. The Labute approximate surface area is 78.3 Å². The fourth-order valence-corrected chi connectivity index (χ4v) is 1.40. The van der Waals surface area contributed by atoms with E-state index in [1.54, 1.807) is 12.1 Å². The maximum atomic E-state index is 10.6. The fraction of sp³-hybridized carbons (Fsp3) is 0.125. The minimum Gasteiger partial charge on any atom is -0.478 e. The highest BCUT2D eigenvalue weighted by atomic mass is 79.9. The van der Waals surface area contributed by atoms with Gasteiger partial charge in [0.1, 0.15) is 0 Å². The molecule has 3 N–H and O–H groups in total. The molecule has 0 atom stereocenters. The van der Waals surface area contributed by atoms with Gasteiger partial charge in [0, 0.05) is 11.0 Å². The summed E-state index contributed by atoms with van der Waals surface area (Å²) in [6, 6.07) is 4.74. The van der Waals surface area contributed by atoms with Crippen LogP contribution in [0.4, 0.5) is 5.69 Å². The van der Waals surface area contributed by atoms with Gasteiger partial charge < -0.3 is 10.8 Å². The lowest BCUT2D eigenvalue weighted by atomic mass is 10.1. The van der Waals surface area contributed by atoms with Gasteiger partial charge in [-0.05, 0) is 23.8 Å². The van der Waals surface area contributed by atoms with Crippen LogP contribution in [0.15, 0.2) is 18.2 Å². The molecule has 0 aromatic heterocycles. The summed E-state index contributed by atoms with van der Waals surface area (Å²) in [7, 11) is 0. The Morgan fingerprint density at radius 1 is 1.58 bits per heavy atom. The second kappa shape index (κ2) is 3.58. The molecule has 0 unspecified atom stereocenters. The molecule has 0 amide bonds. The molecule has 0 saturated carbocycles. The lowest BCUT2D eigenvalue weighted by Gasteiger charge is -2.02. The highest BCUT2D eigenvalue weighted by Gasteiger charge is 2.08. The van der Waals surface area contributed by atoms with E-state index in [-0.39, 0.29) is 0 Å². The quantitative estimate of drug-likeness (QED) is 0.602. The molecule has 0 spiro atoms. The van der Waals surface area contributed by atoms with Gasteiger partial charge in [0.25, 0.3) is 0 Å². The number of hydrogen-bond donors (Lipinski definition) is 2. The summed E-state index contributed by atoms with van der Waals surface area (Å²) >= 11 is 3.19. The van der Waals surface area contributed by atoms with Crippen LogP contribution in [0.5, 0.6) is 0 Å². The number of nitrogens with two attached hydrogens (primary N) is 1. The lowest BCUT2D eigenvalue weighted by molar-refractivity contribution is 0.0696. The van der Waals surface area contributed by atoms with Crippen molar-refractivity contribution in [1.82, 2.24) is 0 Å². The summed E-state index contributed by atoms with van der Waals surface area (Å²) in [5, 5.41) is 9.23. The first kappa shape index (κ1) is 9.06. The molecule has 12 heavy (non-hydrogen) atoms. The van der Waals surface area contributed by atoms with Crippen LogP contribution < -0.4 is 5.73 Å². The summed E-state index contributed by atoms with van der Waals surface area (Å²) in [5.74, 6) is -0.926. The first-order valence-electron chi connectivity index (χ1n) is 3.33. The second-order valence-corrected chi connectivity index (χ2v) is 2.92. The standard InChI is InChI=1S/C8H8BrNO2/c9-4-5-3-6(10)1-2-7(5)8(11)12/h1-3H,4,10H2,(H,11,12). The Morgan fingerprint density at radius 2 is 2.25 bits per heavy atom. The fourth-order valence-electron chi connectivity index (χ4n) is 0.933. The smallest absolute Gasteiger partial charge is 0.335 e. The van der Waals surface area contributed by atoms with Gasteiger partial charge in [0.2, 0.25) is 0 Å². The van der Waals surface area contributed by atoms with Crippen LogP contribution in [0, 0.1) is 0 Å². The largest absolute Gasteiger partial charge is 0.478 e. The van der Waals surface area contributed by atoms with Crippen LogP contribution in [0.3, 0.4) is 0 Å². The van der Waals surface area contributed by atoms with Crippen molar-refractivity contribution >= 4 is 27.6 Å². The molecule has 0 radical (unpaired) electrons. The van der Waals surface area contributed by atoms with Gasteiger partial charge >= 0.3 is 5.97 Å². The average molecular weight is 230 g/mol. The van der Waals surface area contributed by atoms with Crippen molar-refractivity contribution in [2.24, 2.45) is 0 Å². The highest BCUT2D eigenvalue weighted by molar-refractivity contribution is 9.08. The van der Waals surface area contributed by atoms with Gasteiger partial charge in [-0.3, -0.25) is 0 Å². The monoisotopic (exact) mass is 229 g/mol. The van der Waals surface area contributed by atoms with Crippen molar-refractivity contribution in [2.75, 3.05) is 5.73 Å². The molecule has 0 heterocycles. The second-order valence-electron chi connectivity index (χ2n) is 2.36. The molecular weight excluding hydrogens is 222 g/mol. The molecule has 1 aromatic carbocycles. The Hall–Kier alpha value is -1.03. The maximum Gasteiger partial charge on any atom is 0.335 e. The van der Waals surface area contributed by atoms with Crippen LogP contribution in [0.2, 0.25) is 0 Å². The molecule has 3 nitrogen and oxygen atoms in total. The first-order chi connectivity index (χ1) is 5.65. The number of anilines is 1. The Bertz CT molecular complexity index is 312. The third-order valence-corrected chi connectivity index (χ3v) is 2.11. The summed E-state index contributed by atoms with van der Waals surface area (Å²) in [6.45, 7) is 0. The number of aromatic carboxylic acids is 1. The van der Waals surface area contributed by atoms with Crippen molar-refractivity contribution in [2.45, 2.75) is 5.33 Å². The lowest BCUT2D eigenvalue weighted by Crippen LogP contribution is -2.01. The van der Waals surface area contributed by atoms with E-state index in [0.717, 1.165) is 0 Å². The number of rotatable bonds is 2. The minimum absolute atomic E-state index is 0.293. The van der Waals surface area contributed by atoms with E-state index in [1.165, 1.54) is 6.07 Å². The van der Waals surface area contributed by atoms with E-state index < -0.39 is 5.97 Å². The van der Waals surface area contributed by atoms with Gasteiger partial charge in [-0.15, -0.1) is 0 Å². The summed E-state index contributed by atoms with van der Waals surface area (Å²) in [4.78, 5) is 10.6. The molecule has 0 aliphatic heterocycles. The zero-order valence-corrected chi connectivity index (χ0v) is 7.84. The predicted molar refractivity (Wildman–Crippen MR) is 50.4 cm³/mol. The van der Waals surface area contributed by atoms with Crippen LogP contribution in [-0.4, -0.2) is 11.1 Å². The van der Waals surface area contributed by atoms with Crippen LogP contribution in [0.25, 0.3) is 0 Å². The molecule has 0 fully saturated rings. The third-order valence-electron chi connectivity index (χ3n) is 1.50. The number of carboxylic acid groups (broad SMARTS) is 1. The Morgan fingerprint density at radius 3 is 2.75 bits per heavy atom. The van der Waals surface area contributed by atoms with Crippen molar-refractivity contribution in [3.05, 3.63) is 29.3 Å². The third kappa shape index (κ3) is 1.76. The van der Waals surface area contributed by atoms with E-state index in [1.807, 2.05) is 0 Å². The normalized spacial score (nSPS) is 9.75. The SMILES string of the molecule is Nc1ccc(C(=O)O)c(CBr)c1. The molecule has 1 rings (SSSR count). The number of halogens is 1. The summed E-state index contributed by atoms with van der Waals surface area (Å²) in [5.41, 5.74) is 7.06. The average Bonchev–Trinajstić information content (AvgIpc) is 2.03. The number of carbonyl (C=O) groups is 1. The van der Waals surface area contributed by atoms with E-state index in [0.29, 0.717) is 22.1 Å². The number of alkyl halides is 1. The van der Waals surface area contributed by atoms with Gasteiger partial charge in [-0.1, -0.05) is 15.9 Å². The molecule has 64 valence electrons. The van der Waals surface area contributed by atoms with Crippen molar-refractivity contribution in [3.63, 3.8) is 0 Å². The van der Waals surface area contributed by atoms with Crippen LogP contribution in [-0.2, 0) is 5.33 Å². The van der Waals surface area contributed by atoms with Crippen molar-refractivity contribution in [1.29, 1.82) is 0 Å². The number of carboxylic acids is 1. The highest BCUT2D eigenvalue weighted by Crippen LogP contribution is 2.16. The zero-order valence-electron chi connectivity index (χ0n) is 6.25. The van der Waals surface area contributed by atoms with Gasteiger partial charge in [0.05, 0.1) is 5.56 Å². The summed E-state index contributed by atoms with van der Waals surface area (Å²) < 4.78 is 0. The topological polar surface area (TPSA) is 63.3 Å². The Balaban J connectivity index is 3.20.